The molecule has 0 aromatic heterocycles. The summed E-state index contributed by atoms with van der Waals surface area (Å²) < 4.78 is 5.37. The zero-order valence-electron chi connectivity index (χ0n) is 23.4. The van der Waals surface area contributed by atoms with Crippen LogP contribution in [0.3, 0.4) is 0 Å². The molecular weight excluding hydrogens is 508 g/mol. The predicted molar refractivity (Wildman–Crippen MR) is 148 cm³/mol. The lowest BCUT2D eigenvalue weighted by atomic mass is 9.46. The normalized spacial score (nSPS) is 36.4. The Labute approximate surface area is 234 Å². The Hall–Kier alpha value is -3.23. The number of rotatable bonds is 7. The van der Waals surface area contributed by atoms with Crippen molar-refractivity contribution >= 4 is 23.2 Å². The van der Waals surface area contributed by atoms with E-state index in [1.54, 1.807) is 43.3 Å². The molecule has 212 valence electrons. The van der Waals surface area contributed by atoms with Crippen LogP contribution in [0.25, 0.3) is 0 Å². The lowest BCUT2D eigenvalue weighted by Crippen LogP contribution is -2.61. The average molecular weight is 547 g/mol. The van der Waals surface area contributed by atoms with E-state index >= 15 is 0 Å². The monoisotopic (exact) mass is 546 g/mol. The number of aliphatic hydroxyl groups is 2. The number of esters is 1. The molecule has 4 aliphatic carbocycles. The van der Waals surface area contributed by atoms with Crippen molar-refractivity contribution in [2.24, 2.45) is 38.8 Å². The largest absolute Gasteiger partial charge is 0.457 e. The van der Waals surface area contributed by atoms with Gasteiger partial charge >= 0.3 is 5.97 Å². The van der Waals surface area contributed by atoms with E-state index in [0.717, 1.165) is 18.4 Å². The number of hydrogen-bond acceptors (Lipinski definition) is 8. The zero-order chi connectivity index (χ0) is 28.9. The smallest absolute Gasteiger partial charge is 0.310 e. The Morgan fingerprint density at radius 3 is 2.70 bits per heavy atom. The molecule has 0 heterocycles. The molecule has 0 aliphatic heterocycles. The van der Waals surface area contributed by atoms with E-state index < -0.39 is 40.9 Å². The van der Waals surface area contributed by atoms with Gasteiger partial charge in [-0.2, -0.15) is 10.2 Å². The second-order valence-electron chi connectivity index (χ2n) is 12.4. The third kappa shape index (κ3) is 4.61. The van der Waals surface area contributed by atoms with Crippen molar-refractivity contribution in [2.75, 3.05) is 6.61 Å². The fraction of sp³-hybridized carbons (Fsp3) is 0.531. The maximum atomic E-state index is 13.5. The molecule has 0 radical (unpaired) electrons. The predicted octanol–water partition coefficient (Wildman–Crippen LogP) is 4.97. The van der Waals surface area contributed by atoms with Crippen LogP contribution in [0.15, 0.2) is 70.6 Å². The van der Waals surface area contributed by atoms with Gasteiger partial charge in [0.1, 0.15) is 5.60 Å². The third-order valence-electron chi connectivity index (χ3n) is 10.1. The van der Waals surface area contributed by atoms with Crippen molar-refractivity contribution in [1.82, 2.24) is 0 Å². The number of hydrogen-bond donors (Lipinski definition) is 2. The van der Waals surface area contributed by atoms with Gasteiger partial charge in [0.15, 0.2) is 12.4 Å². The van der Waals surface area contributed by atoms with Crippen LogP contribution in [0, 0.1) is 28.6 Å². The number of benzene rings is 1. The number of ketones is 2. The molecule has 8 heteroatoms. The minimum Gasteiger partial charge on any atom is -0.457 e. The van der Waals surface area contributed by atoms with Gasteiger partial charge < -0.3 is 14.9 Å². The summed E-state index contributed by atoms with van der Waals surface area (Å²) in [6.45, 7) is 8.87. The summed E-state index contributed by atoms with van der Waals surface area (Å²) in [7, 11) is 0. The topological polar surface area (TPSA) is 126 Å². The molecule has 0 saturated heterocycles. The standard InChI is InChI=1S/C32H38N2O6/c1-19(2)33-34-25-8-6-5-7-20(25)15-28(38)40-18-27(37)32(39)14-12-24-23-10-9-21-16-22(35)11-13-30(21,3)29(23)26(36)17-31(24,32)4/h5-8,11,13,16,23-24,26,29,36,39H,1,9-10,12,14-15,17-18H2,2-4H3. The van der Waals surface area contributed by atoms with Gasteiger partial charge in [-0.25, -0.2) is 0 Å². The summed E-state index contributed by atoms with van der Waals surface area (Å²) in [4.78, 5) is 38.2. The van der Waals surface area contributed by atoms with Crippen LogP contribution in [0.4, 0.5) is 5.69 Å². The Bertz CT molecular complexity index is 1350. The first-order valence-electron chi connectivity index (χ1n) is 14.1. The summed E-state index contributed by atoms with van der Waals surface area (Å²) in [5, 5.41) is 31.5. The van der Waals surface area contributed by atoms with Gasteiger partial charge in [-0.1, -0.05) is 50.3 Å². The number of carbonyl (C=O) groups is 3. The number of aliphatic hydroxyl groups excluding tert-OH is 1. The van der Waals surface area contributed by atoms with E-state index in [0.29, 0.717) is 23.4 Å². The summed E-state index contributed by atoms with van der Waals surface area (Å²) in [5.41, 5.74) is -0.258. The SMILES string of the molecule is C=C(C)N=Nc1ccccc1CC(=O)OCC(=O)C1(O)CCC2C3CCC4=CC(=O)C=CC4(C)C3C(O)CC21C. The molecule has 8 nitrogen and oxygen atoms in total. The van der Waals surface area contributed by atoms with E-state index in [4.69, 9.17) is 4.74 Å². The number of allylic oxidation sites excluding steroid dienone is 5. The van der Waals surface area contributed by atoms with Crippen molar-refractivity contribution in [2.45, 2.75) is 71.0 Å². The van der Waals surface area contributed by atoms with Gasteiger partial charge in [-0.05, 0) is 74.6 Å². The van der Waals surface area contributed by atoms with Gasteiger partial charge in [-0.3, -0.25) is 14.4 Å². The van der Waals surface area contributed by atoms with Gasteiger partial charge in [0.05, 0.1) is 23.9 Å². The first kappa shape index (κ1) is 28.3. The summed E-state index contributed by atoms with van der Waals surface area (Å²) in [6, 6.07) is 7.04. The van der Waals surface area contributed by atoms with Crippen LogP contribution in [-0.2, 0) is 25.5 Å². The van der Waals surface area contributed by atoms with Crippen LogP contribution >= 0.6 is 0 Å². The molecule has 1 aromatic carbocycles. The molecular formula is C32H38N2O6. The Morgan fingerprint density at radius 1 is 1.20 bits per heavy atom. The van der Waals surface area contributed by atoms with Crippen LogP contribution in [0.5, 0.6) is 0 Å². The van der Waals surface area contributed by atoms with Crippen LogP contribution in [0.2, 0.25) is 0 Å². The first-order chi connectivity index (χ1) is 18.9. The minimum absolute atomic E-state index is 0.0174. The van der Waals surface area contributed by atoms with E-state index in [1.165, 1.54) is 0 Å². The number of azo groups is 1. The van der Waals surface area contributed by atoms with Crippen LogP contribution < -0.4 is 0 Å². The maximum Gasteiger partial charge on any atom is 0.310 e. The molecule has 7 unspecified atom stereocenters. The second-order valence-corrected chi connectivity index (χ2v) is 12.4. The van der Waals surface area contributed by atoms with Crippen molar-refractivity contribution in [1.29, 1.82) is 0 Å². The van der Waals surface area contributed by atoms with Crippen LogP contribution in [-0.4, -0.2) is 46.1 Å². The molecule has 2 N–H and O–H groups in total. The highest BCUT2D eigenvalue weighted by Gasteiger charge is 2.68. The number of fused-ring (bicyclic) bond motifs is 5. The lowest BCUT2D eigenvalue weighted by molar-refractivity contribution is -0.181. The lowest BCUT2D eigenvalue weighted by Gasteiger charge is -2.59. The molecule has 40 heavy (non-hydrogen) atoms. The molecule has 0 bridgehead atoms. The molecule has 0 amide bonds. The third-order valence-corrected chi connectivity index (χ3v) is 10.1. The average Bonchev–Trinajstić information content (AvgIpc) is 3.17. The number of ether oxygens (including phenoxy) is 1. The highest BCUT2D eigenvalue weighted by Crippen LogP contribution is 2.67. The Kier molecular flexibility index (Phi) is 7.29. The number of Topliss-reactive ketones (excluding diaryl/α,β-unsaturated/α-hetero) is 1. The number of carbonyl (C=O) groups excluding carboxylic acids is 3. The van der Waals surface area contributed by atoms with Gasteiger partial charge in [0, 0.05) is 16.7 Å². The highest BCUT2D eigenvalue weighted by molar-refractivity contribution is 6.01. The quantitative estimate of drug-likeness (QED) is 0.367. The molecule has 3 saturated carbocycles. The summed E-state index contributed by atoms with van der Waals surface area (Å²) in [6.07, 6.45) is 7.14. The number of nitrogens with zero attached hydrogens (tertiary/aromatic N) is 2. The molecule has 0 spiro atoms. The summed E-state index contributed by atoms with van der Waals surface area (Å²) in [5.74, 6) is -1.11. The van der Waals surface area contributed by atoms with Gasteiger partial charge in [-0.15, -0.1) is 0 Å². The first-order valence-corrected chi connectivity index (χ1v) is 14.1. The van der Waals surface area contributed by atoms with Gasteiger partial charge in [0.25, 0.3) is 0 Å². The van der Waals surface area contributed by atoms with E-state index in [1.807, 2.05) is 13.0 Å². The maximum absolute atomic E-state index is 13.5. The molecule has 5 rings (SSSR count). The fourth-order valence-corrected chi connectivity index (χ4v) is 8.16. The Balaban J connectivity index is 1.29. The zero-order valence-corrected chi connectivity index (χ0v) is 23.4. The van der Waals surface area contributed by atoms with Gasteiger partial charge in [0.2, 0.25) is 5.78 Å². The fourth-order valence-electron chi connectivity index (χ4n) is 8.16. The van der Waals surface area contributed by atoms with Crippen molar-refractivity contribution in [3.8, 4) is 0 Å². The van der Waals surface area contributed by atoms with Crippen molar-refractivity contribution in [3.63, 3.8) is 0 Å². The molecule has 1 aromatic rings. The van der Waals surface area contributed by atoms with Crippen molar-refractivity contribution in [3.05, 3.63) is 65.9 Å². The minimum atomic E-state index is -1.70. The van der Waals surface area contributed by atoms with Crippen LogP contribution in [0.1, 0.15) is 58.4 Å². The van der Waals surface area contributed by atoms with E-state index in [9.17, 15) is 24.6 Å². The van der Waals surface area contributed by atoms with Crippen molar-refractivity contribution < 1.29 is 29.3 Å². The summed E-state index contributed by atoms with van der Waals surface area (Å²) >= 11 is 0. The second kappa shape index (κ2) is 10.3. The van der Waals surface area contributed by atoms with E-state index in [-0.39, 0.29) is 42.8 Å². The molecule has 7 atom stereocenters. The molecule has 4 aliphatic rings. The van der Waals surface area contributed by atoms with E-state index in [2.05, 4.69) is 23.7 Å². The Morgan fingerprint density at radius 2 is 1.95 bits per heavy atom. The molecule has 3 fully saturated rings. The highest BCUT2D eigenvalue weighted by atomic mass is 16.5.